The van der Waals surface area contributed by atoms with Crippen LogP contribution in [0, 0.1) is 20.2 Å². The molecule has 8 aromatic rings. The number of esters is 2. The second kappa shape index (κ2) is 46.0. The predicted octanol–water partition coefficient (Wildman–Crippen LogP) is 8.70. The molecule has 6 heterocycles. The van der Waals surface area contributed by atoms with E-state index in [1.807, 2.05) is 33.1 Å². The third-order valence-corrected chi connectivity index (χ3v) is 16.7. The number of carboxylic acids is 1. The van der Waals surface area contributed by atoms with Gasteiger partial charge >= 0.3 is 17.9 Å². The number of benzene rings is 2. The van der Waals surface area contributed by atoms with Crippen molar-refractivity contribution in [2.75, 3.05) is 125 Å². The van der Waals surface area contributed by atoms with Gasteiger partial charge in [-0.1, -0.05) is 14.9 Å². The molecule has 37 nitrogen and oxygen atoms in total. The van der Waals surface area contributed by atoms with E-state index < -0.39 is 52.2 Å². The zero-order valence-electron chi connectivity index (χ0n) is 66.4. The average molecular weight is 1610 g/mol. The van der Waals surface area contributed by atoms with Gasteiger partial charge in [-0.3, -0.25) is 63.0 Å². The maximum atomic E-state index is 13.3. The maximum absolute atomic E-state index is 13.3. The van der Waals surface area contributed by atoms with E-state index in [0.717, 1.165) is 70.0 Å². The third-order valence-electron chi connectivity index (χ3n) is 16.7. The number of alkyl halides is 1. The Hall–Kier alpha value is -13.1. The van der Waals surface area contributed by atoms with Crippen LogP contribution in [-0.2, 0) is 74.2 Å². The number of rotatable bonds is 37. The number of carboxylic acid groups (broad SMARTS) is 1. The number of ketones is 2. The number of carbonyl (C=O) groups is 10. The van der Waals surface area contributed by atoms with E-state index in [0.29, 0.717) is 75.6 Å². The zero-order chi connectivity index (χ0) is 84.8. The SMILES string of the molecule is C.C.CN(C)CCCNC(=O)c1cc(NC(=O)c2cc(CC(=O)c3cc(N)cn3C)cn2C)cn1C.COC(=O)c1cc(OC)c(OCCCC(=O)Nc2cc(C(=O)Cc3cc(C(=O)Nc4cc(C(=O)NCCCN(C)C)n(C)c4)n(C)c3)n(C)c2)cc1[N+](=O)[O-].COC(=O)c1cc(OC)c(OCCCC(=O)O)cc1[N+](=O)[O-].[2H]CF. The molecule has 5 amide bonds. The molecule has 2 aromatic carbocycles. The van der Waals surface area contributed by atoms with E-state index >= 15 is 0 Å². The number of nitrogens with zero attached hydrogens (tertiary/aromatic N) is 10. The molecule has 115 heavy (non-hydrogen) atoms. The summed E-state index contributed by atoms with van der Waals surface area (Å²) in [4.78, 5) is 149. The number of hydrogen-bond acceptors (Lipinski definition) is 23. The highest BCUT2D eigenvalue weighted by Gasteiger charge is 2.29. The maximum Gasteiger partial charge on any atom is 0.345 e. The fourth-order valence-electron chi connectivity index (χ4n) is 11.3. The first kappa shape index (κ1) is 94.2. The molecule has 0 spiro atoms. The van der Waals surface area contributed by atoms with Crippen LogP contribution in [0.3, 0.4) is 0 Å². The molecule has 0 saturated carbocycles. The molecule has 38 heteroatoms. The minimum absolute atomic E-state index is 0. The van der Waals surface area contributed by atoms with Gasteiger partial charge in [0.25, 0.3) is 35.0 Å². The van der Waals surface area contributed by atoms with Crippen molar-refractivity contribution in [3.05, 3.63) is 174 Å². The van der Waals surface area contributed by atoms with Crippen molar-refractivity contribution in [2.45, 2.75) is 66.2 Å². The van der Waals surface area contributed by atoms with Crippen LogP contribution in [0.5, 0.6) is 23.0 Å². The van der Waals surface area contributed by atoms with Crippen molar-refractivity contribution in [3.63, 3.8) is 0 Å². The molecule has 0 aliphatic carbocycles. The summed E-state index contributed by atoms with van der Waals surface area (Å²) in [5.74, 6) is -4.31. The summed E-state index contributed by atoms with van der Waals surface area (Å²) >= 11 is 0. The molecule has 626 valence electrons. The number of hydrogen-bond donors (Lipinski definition) is 7. The number of nitro groups is 2. The molecule has 0 unspecified atom stereocenters. The number of aromatic nitrogens is 6. The zero-order valence-corrected chi connectivity index (χ0v) is 65.4. The number of nitrogens with two attached hydrogens (primary N) is 1. The molecule has 0 radical (unpaired) electrons. The third kappa shape index (κ3) is 28.2. The van der Waals surface area contributed by atoms with Gasteiger partial charge in [0.1, 0.15) is 33.9 Å². The molecule has 0 fully saturated rings. The van der Waals surface area contributed by atoms with Crippen molar-refractivity contribution < 1.29 is 97.1 Å². The number of aliphatic carboxylic acids is 1. The van der Waals surface area contributed by atoms with Crippen LogP contribution in [0.1, 0.15) is 150 Å². The van der Waals surface area contributed by atoms with Gasteiger partial charge in [0.05, 0.1) is 106 Å². The lowest BCUT2D eigenvalue weighted by Crippen LogP contribution is -2.28. The van der Waals surface area contributed by atoms with Crippen LogP contribution in [-0.4, -0.2) is 214 Å². The van der Waals surface area contributed by atoms with Crippen LogP contribution in [0.15, 0.2) is 97.8 Å². The number of nitro benzene ring substituents is 2. The monoisotopic (exact) mass is 1610 g/mol. The van der Waals surface area contributed by atoms with E-state index in [9.17, 15) is 72.6 Å². The van der Waals surface area contributed by atoms with Crippen molar-refractivity contribution in [3.8, 4) is 23.0 Å². The first-order valence-electron chi connectivity index (χ1n) is 35.5. The molecule has 8 rings (SSSR count). The Balaban J connectivity index is 0.000000484. The van der Waals surface area contributed by atoms with Gasteiger partial charge in [0, 0.05) is 130 Å². The Morgan fingerprint density at radius 3 is 1.19 bits per heavy atom. The fraction of sp³-hybridized carbons (Fsp3) is 0.403. The van der Waals surface area contributed by atoms with Crippen LogP contribution in [0.25, 0.3) is 0 Å². The quantitative estimate of drug-likeness (QED) is 0.00629. The molecule has 0 aliphatic rings. The van der Waals surface area contributed by atoms with Crippen LogP contribution < -0.4 is 51.3 Å². The van der Waals surface area contributed by atoms with E-state index in [2.05, 4.69) is 41.0 Å². The smallest absolute Gasteiger partial charge is 0.345 e. The summed E-state index contributed by atoms with van der Waals surface area (Å²) < 4.78 is 55.7. The first-order chi connectivity index (χ1) is 54.0. The Bertz CT molecular complexity index is 4760. The van der Waals surface area contributed by atoms with Gasteiger partial charge in [0.15, 0.2) is 34.6 Å². The number of anilines is 4. The lowest BCUT2D eigenvalue weighted by Gasteiger charge is -2.12. The number of amides is 5. The topological polar surface area (TPSA) is 455 Å². The largest absolute Gasteiger partial charge is 0.493 e. The molecular formula is C77H105FN16O21. The summed E-state index contributed by atoms with van der Waals surface area (Å²) in [7, 11) is 22.1. The molecular weight excluding hydrogens is 1500 g/mol. The number of ether oxygens (including phenoxy) is 6. The summed E-state index contributed by atoms with van der Waals surface area (Å²) in [5, 5.41) is 45.3. The minimum Gasteiger partial charge on any atom is -0.493 e. The Morgan fingerprint density at radius 1 is 0.487 bits per heavy atom. The lowest BCUT2D eigenvalue weighted by molar-refractivity contribution is -0.385. The fourth-order valence-corrected chi connectivity index (χ4v) is 11.3. The van der Waals surface area contributed by atoms with Crippen LogP contribution in [0.4, 0.5) is 38.5 Å². The summed E-state index contributed by atoms with van der Waals surface area (Å²) in [6, 6.07) is 14.2. The van der Waals surface area contributed by atoms with E-state index in [1.54, 1.807) is 143 Å². The lowest BCUT2D eigenvalue weighted by atomic mass is 10.1. The number of halogens is 1. The minimum atomic E-state index is -1.00. The van der Waals surface area contributed by atoms with Crippen molar-refractivity contribution in [1.82, 2.24) is 47.8 Å². The van der Waals surface area contributed by atoms with Gasteiger partial charge in [-0.25, -0.2) is 9.59 Å². The molecule has 6 aromatic heterocycles. The Labute approximate surface area is 666 Å². The molecule has 0 aliphatic heterocycles. The van der Waals surface area contributed by atoms with Gasteiger partial charge < -0.3 is 103 Å². The van der Waals surface area contributed by atoms with E-state index in [-0.39, 0.29) is 136 Å². The van der Waals surface area contributed by atoms with E-state index in [4.69, 9.17) is 31.2 Å². The average Bonchev–Trinajstić information content (AvgIpc) is 1.21. The summed E-state index contributed by atoms with van der Waals surface area (Å²) in [6.45, 7) is 2.88. The molecule has 8 N–H and O–H groups in total. The molecule has 0 saturated heterocycles. The van der Waals surface area contributed by atoms with Crippen molar-refractivity contribution in [2.24, 2.45) is 42.3 Å². The Kier molecular flexibility index (Phi) is 37.7. The second-order valence-electron chi connectivity index (χ2n) is 26.0. The second-order valence-corrected chi connectivity index (χ2v) is 26.0. The van der Waals surface area contributed by atoms with Gasteiger partial charge in [-0.05, 0) is 114 Å². The number of methoxy groups -OCH3 is 4. The summed E-state index contributed by atoms with van der Waals surface area (Å²) in [5.41, 5.74) is 9.91. The highest BCUT2D eigenvalue weighted by molar-refractivity contribution is 6.06. The highest BCUT2D eigenvalue weighted by Crippen LogP contribution is 2.37. The van der Waals surface area contributed by atoms with Crippen molar-refractivity contribution in [1.29, 1.82) is 0 Å². The van der Waals surface area contributed by atoms with Gasteiger partial charge in [0.2, 0.25) is 5.91 Å². The first-order valence-corrected chi connectivity index (χ1v) is 34.8. The number of nitrogens with one attached hydrogen (secondary N) is 5. The highest BCUT2D eigenvalue weighted by atomic mass is 19.1. The molecule has 0 bridgehead atoms. The number of carbonyl (C=O) groups excluding carboxylic acids is 9. The molecule has 0 atom stereocenters. The standard InChI is InChI=1S/C37H46N8O10.C24H33N7O3.C13H15NO8.CH3F.2CH4/c1-41(2)12-9-11-38-35(48)30-17-25(22-44(30)5)40-36(49)29-14-23(20-42(29)3)15-31(46)28-16-24(21-43(28)4)39-34(47)10-8-13-55-33-19-27(45(51)52)26(37(50)54-7)18-32(33)53-6;1-28(2)8-6-7-26-23(33)21-12-18(15-31(21)5)27-24(34)20-9-16(13-29(20)3)10-22(32)19-11-17(25)14-30(19)4;1-20-10-6-8(13(17)21-2)9(14(18)19)7-11(10)22-5-3-4-12(15)16;1-2;;/h14,16-22H,8-13,15H2,1-7H3,(H,38,48)(H,39,47)(H,40,49);9,11-15H,6-8,10,25H2,1-5H3,(H,26,33)(H,27,34);6-7H,3-5H2,1-2H3,(H,15,16);1H3;2*1H4/i;;;1D;;. The van der Waals surface area contributed by atoms with Gasteiger partial charge in [-0.15, -0.1) is 0 Å². The predicted molar refractivity (Wildman–Crippen MR) is 428 cm³/mol. The van der Waals surface area contributed by atoms with Crippen molar-refractivity contribution >= 4 is 93.1 Å². The van der Waals surface area contributed by atoms with Crippen LogP contribution >= 0.6 is 0 Å². The number of Topliss-reactive ketones (excluding diaryl/α,β-unsaturated/α-hetero) is 2. The summed E-state index contributed by atoms with van der Waals surface area (Å²) in [6.07, 6.45) is 12.3. The van der Waals surface area contributed by atoms with Gasteiger partial charge in [-0.2, -0.15) is 0 Å². The Morgan fingerprint density at radius 2 is 0.835 bits per heavy atom. The number of aryl methyl sites for hydroxylation is 6. The van der Waals surface area contributed by atoms with Crippen LogP contribution in [0.2, 0.25) is 0 Å². The van der Waals surface area contributed by atoms with E-state index in [1.165, 1.54) is 14.2 Å². The normalized spacial score (nSPS) is 10.6. The number of nitrogen functional groups attached to an aromatic ring is 1.